The number of fused-ring (bicyclic) bond motifs is 1. The Labute approximate surface area is 227 Å². The van der Waals surface area contributed by atoms with Gasteiger partial charge in [0.15, 0.2) is 11.5 Å². The van der Waals surface area contributed by atoms with Gasteiger partial charge in [0.25, 0.3) is 0 Å². The molecule has 3 heteroatoms. The molecule has 4 aromatic rings. The smallest absolute Gasteiger partial charge is 0.163 e. The molecule has 0 aliphatic heterocycles. The van der Waals surface area contributed by atoms with Crippen LogP contribution in [0.25, 0.3) is 35.1 Å². The minimum absolute atomic E-state index is 0.755. The third kappa shape index (κ3) is 5.62. The van der Waals surface area contributed by atoms with E-state index in [9.17, 15) is 0 Å². The Morgan fingerprint density at radius 1 is 0.553 bits per heavy atom. The van der Waals surface area contributed by atoms with E-state index in [1.54, 1.807) is 21.3 Å². The van der Waals surface area contributed by atoms with Crippen molar-refractivity contribution in [2.24, 2.45) is 0 Å². The number of hydrogen-bond donors (Lipinski definition) is 0. The summed E-state index contributed by atoms with van der Waals surface area (Å²) in [6, 6.07) is 21.6. The normalized spacial score (nSPS) is 11.5. The minimum atomic E-state index is 0.755. The van der Waals surface area contributed by atoms with Crippen LogP contribution in [0.3, 0.4) is 0 Å². The first-order valence-electron chi connectivity index (χ1n) is 13.4. The minimum Gasteiger partial charge on any atom is -0.496 e. The number of rotatable bonds is 10. The SMILES string of the molecule is CCc1cc(C=Cc2cccc3cccc(C=Cc4cc(CC)c(OC)c(OC)c4)c23)cc(CC)c1OC. The van der Waals surface area contributed by atoms with Crippen LogP contribution in [0.5, 0.6) is 17.2 Å². The fourth-order valence-electron chi connectivity index (χ4n) is 5.14. The highest BCUT2D eigenvalue weighted by atomic mass is 16.5. The Kier molecular flexibility index (Phi) is 8.91. The molecule has 3 nitrogen and oxygen atoms in total. The molecule has 0 fully saturated rings. The van der Waals surface area contributed by atoms with Crippen LogP contribution in [0, 0.1) is 0 Å². The van der Waals surface area contributed by atoms with Crippen molar-refractivity contribution < 1.29 is 14.2 Å². The highest BCUT2D eigenvalue weighted by Crippen LogP contribution is 2.34. The van der Waals surface area contributed by atoms with Gasteiger partial charge in [-0.05, 0) is 93.2 Å². The van der Waals surface area contributed by atoms with Crippen LogP contribution in [0.4, 0.5) is 0 Å². The van der Waals surface area contributed by atoms with Crippen LogP contribution in [-0.2, 0) is 19.3 Å². The molecule has 0 aliphatic rings. The largest absolute Gasteiger partial charge is 0.496 e. The summed E-state index contributed by atoms with van der Waals surface area (Å²) < 4.78 is 16.9. The lowest BCUT2D eigenvalue weighted by molar-refractivity contribution is 0.352. The molecule has 0 spiro atoms. The summed E-state index contributed by atoms with van der Waals surface area (Å²) in [7, 11) is 5.14. The first-order valence-corrected chi connectivity index (χ1v) is 13.4. The van der Waals surface area contributed by atoms with Gasteiger partial charge in [-0.15, -0.1) is 0 Å². The van der Waals surface area contributed by atoms with Crippen molar-refractivity contribution in [3.8, 4) is 17.2 Å². The van der Waals surface area contributed by atoms with Crippen molar-refractivity contribution in [2.75, 3.05) is 21.3 Å². The second-order valence-corrected chi connectivity index (χ2v) is 9.31. The van der Waals surface area contributed by atoms with Crippen LogP contribution in [0.15, 0.2) is 60.7 Å². The molecule has 0 amide bonds. The van der Waals surface area contributed by atoms with Gasteiger partial charge in [0, 0.05) is 0 Å². The lowest BCUT2D eigenvalue weighted by Crippen LogP contribution is -1.97. The Balaban J connectivity index is 1.76. The van der Waals surface area contributed by atoms with E-state index in [0.29, 0.717) is 0 Å². The number of aryl methyl sites for hydroxylation is 3. The highest BCUT2D eigenvalue weighted by Gasteiger charge is 2.11. The van der Waals surface area contributed by atoms with E-state index in [2.05, 4.69) is 99.7 Å². The molecule has 196 valence electrons. The van der Waals surface area contributed by atoms with Gasteiger partial charge in [-0.1, -0.05) is 81.5 Å². The number of ether oxygens (including phenoxy) is 3. The van der Waals surface area contributed by atoms with E-state index in [-0.39, 0.29) is 0 Å². The lowest BCUT2D eigenvalue weighted by Gasteiger charge is -2.13. The molecular formula is C35H38O3. The first-order chi connectivity index (χ1) is 18.6. The Bertz CT molecular complexity index is 1320. The maximum atomic E-state index is 5.71. The number of hydrogen-bond acceptors (Lipinski definition) is 3. The molecule has 0 aliphatic carbocycles. The Morgan fingerprint density at radius 3 is 1.47 bits per heavy atom. The van der Waals surface area contributed by atoms with Gasteiger partial charge < -0.3 is 14.2 Å². The molecular weight excluding hydrogens is 468 g/mol. The van der Waals surface area contributed by atoms with Crippen molar-refractivity contribution in [2.45, 2.75) is 40.0 Å². The van der Waals surface area contributed by atoms with E-state index in [4.69, 9.17) is 14.2 Å². The fraction of sp³-hybridized carbons (Fsp3) is 0.257. The predicted molar refractivity (Wildman–Crippen MR) is 162 cm³/mol. The molecule has 0 radical (unpaired) electrons. The molecule has 0 aromatic heterocycles. The van der Waals surface area contributed by atoms with E-state index < -0.39 is 0 Å². The average molecular weight is 507 g/mol. The monoisotopic (exact) mass is 506 g/mol. The molecule has 0 saturated heterocycles. The third-order valence-corrected chi connectivity index (χ3v) is 7.07. The van der Waals surface area contributed by atoms with Crippen molar-refractivity contribution in [1.29, 1.82) is 0 Å². The second kappa shape index (κ2) is 12.5. The third-order valence-electron chi connectivity index (χ3n) is 7.07. The Hall–Kier alpha value is -3.98. The summed E-state index contributed by atoms with van der Waals surface area (Å²) in [5, 5.41) is 2.45. The number of methoxy groups -OCH3 is 3. The standard InChI is InChI=1S/C35H38O3/c1-7-26-20-24(21-27(8-2)34(26)37-5)16-18-30-14-10-12-29-13-11-15-31(33(29)30)19-17-25-22-28(9-3)35(38-6)32(23-25)36-4/h10-23H,7-9H2,1-6H3. The van der Waals surface area contributed by atoms with Crippen LogP contribution in [0.1, 0.15) is 59.7 Å². The van der Waals surface area contributed by atoms with Gasteiger partial charge in [-0.2, -0.15) is 0 Å². The maximum Gasteiger partial charge on any atom is 0.163 e. The summed E-state index contributed by atoms with van der Waals surface area (Å²) >= 11 is 0. The highest BCUT2D eigenvalue weighted by molar-refractivity contribution is 6.00. The van der Waals surface area contributed by atoms with Gasteiger partial charge in [0.2, 0.25) is 0 Å². The van der Waals surface area contributed by atoms with Crippen molar-refractivity contribution in [3.63, 3.8) is 0 Å². The van der Waals surface area contributed by atoms with Crippen molar-refractivity contribution in [1.82, 2.24) is 0 Å². The lowest BCUT2D eigenvalue weighted by atomic mass is 9.96. The zero-order valence-corrected chi connectivity index (χ0v) is 23.4. The van der Waals surface area contributed by atoms with E-state index >= 15 is 0 Å². The molecule has 0 atom stereocenters. The van der Waals surface area contributed by atoms with Crippen LogP contribution in [0.2, 0.25) is 0 Å². The first kappa shape index (κ1) is 27.1. The molecule has 0 N–H and O–H groups in total. The predicted octanol–water partition coefficient (Wildman–Crippen LogP) is 8.89. The molecule has 0 bridgehead atoms. The second-order valence-electron chi connectivity index (χ2n) is 9.31. The molecule has 0 saturated carbocycles. The zero-order chi connectivity index (χ0) is 27.1. The van der Waals surface area contributed by atoms with Gasteiger partial charge in [0.1, 0.15) is 5.75 Å². The maximum absolute atomic E-state index is 5.71. The van der Waals surface area contributed by atoms with Crippen LogP contribution < -0.4 is 14.2 Å². The van der Waals surface area contributed by atoms with Gasteiger partial charge in [-0.25, -0.2) is 0 Å². The molecule has 0 unspecified atom stereocenters. The van der Waals surface area contributed by atoms with Crippen LogP contribution in [-0.4, -0.2) is 21.3 Å². The molecule has 38 heavy (non-hydrogen) atoms. The average Bonchev–Trinajstić information content (AvgIpc) is 2.97. The molecule has 4 aromatic carbocycles. The zero-order valence-electron chi connectivity index (χ0n) is 23.4. The van der Waals surface area contributed by atoms with Crippen molar-refractivity contribution in [3.05, 3.63) is 99.6 Å². The molecule has 4 rings (SSSR count). The summed E-state index contributed by atoms with van der Waals surface area (Å²) in [6.45, 7) is 6.48. The quantitative estimate of drug-likeness (QED) is 0.201. The summed E-state index contributed by atoms with van der Waals surface area (Å²) in [5.41, 5.74) is 8.27. The topological polar surface area (TPSA) is 27.7 Å². The molecule has 0 heterocycles. The summed E-state index contributed by atoms with van der Waals surface area (Å²) in [5.74, 6) is 2.58. The van der Waals surface area contributed by atoms with Gasteiger partial charge in [-0.3, -0.25) is 0 Å². The Morgan fingerprint density at radius 2 is 1.03 bits per heavy atom. The summed E-state index contributed by atoms with van der Waals surface area (Å²) in [6.07, 6.45) is 11.5. The summed E-state index contributed by atoms with van der Waals surface area (Å²) in [4.78, 5) is 0. The van der Waals surface area contributed by atoms with E-state index in [1.807, 2.05) is 6.07 Å². The van der Waals surface area contributed by atoms with E-state index in [1.165, 1.54) is 38.6 Å². The van der Waals surface area contributed by atoms with Gasteiger partial charge in [0.05, 0.1) is 21.3 Å². The fourth-order valence-corrected chi connectivity index (χ4v) is 5.14. The number of benzene rings is 4. The van der Waals surface area contributed by atoms with Crippen LogP contribution >= 0.6 is 0 Å². The van der Waals surface area contributed by atoms with Gasteiger partial charge >= 0.3 is 0 Å². The van der Waals surface area contributed by atoms with Crippen molar-refractivity contribution >= 4 is 35.1 Å². The van der Waals surface area contributed by atoms with E-state index in [0.717, 1.165) is 47.6 Å².